The van der Waals surface area contributed by atoms with Crippen molar-refractivity contribution in [2.24, 2.45) is 5.92 Å². The number of hydrogen-bond acceptors (Lipinski definition) is 2. The third-order valence-corrected chi connectivity index (χ3v) is 5.29. The molecule has 0 bridgehead atoms. The van der Waals surface area contributed by atoms with E-state index in [0.29, 0.717) is 5.92 Å². The lowest BCUT2D eigenvalue weighted by atomic mass is 9.75. The summed E-state index contributed by atoms with van der Waals surface area (Å²) in [5.74, 6) is 2.37. The van der Waals surface area contributed by atoms with Crippen LogP contribution in [0, 0.1) is 5.92 Å². The molecule has 0 radical (unpaired) electrons. The molecule has 0 unspecified atom stereocenters. The summed E-state index contributed by atoms with van der Waals surface area (Å²) >= 11 is 0. The average Bonchev–Trinajstić information content (AvgIpc) is 2.54. The first-order valence-corrected chi connectivity index (χ1v) is 8.55. The Balaban J connectivity index is 2.19. The zero-order chi connectivity index (χ0) is 15.2. The van der Waals surface area contributed by atoms with E-state index in [9.17, 15) is 0 Å². The van der Waals surface area contributed by atoms with E-state index in [1.165, 1.54) is 44.2 Å². The van der Waals surface area contributed by atoms with Crippen LogP contribution < -0.4 is 4.74 Å². The first-order chi connectivity index (χ1) is 10.2. The number of rotatable bonds is 6. The van der Waals surface area contributed by atoms with E-state index in [0.717, 1.165) is 17.7 Å². The lowest BCUT2D eigenvalue weighted by Crippen LogP contribution is -2.43. The molecule has 0 spiro atoms. The van der Waals surface area contributed by atoms with E-state index >= 15 is 0 Å². The summed E-state index contributed by atoms with van der Waals surface area (Å²) in [5, 5.41) is 0. The molecule has 0 saturated carbocycles. The summed E-state index contributed by atoms with van der Waals surface area (Å²) in [6.45, 7) is 5.96. The van der Waals surface area contributed by atoms with Crippen LogP contribution in [-0.4, -0.2) is 31.6 Å². The Hall–Kier alpha value is -1.02. The zero-order valence-electron chi connectivity index (χ0n) is 14.1. The molecule has 0 aromatic heterocycles. The largest absolute Gasteiger partial charge is 0.497 e. The number of benzene rings is 1. The van der Waals surface area contributed by atoms with Gasteiger partial charge in [-0.15, -0.1) is 0 Å². The molecule has 1 aromatic carbocycles. The first kappa shape index (κ1) is 16.4. The van der Waals surface area contributed by atoms with Gasteiger partial charge in [0.1, 0.15) is 5.75 Å². The van der Waals surface area contributed by atoms with Crippen LogP contribution in [0.3, 0.4) is 0 Å². The Labute approximate surface area is 130 Å². The summed E-state index contributed by atoms with van der Waals surface area (Å²) < 4.78 is 5.29. The van der Waals surface area contributed by atoms with Crippen molar-refractivity contribution in [1.29, 1.82) is 0 Å². The summed E-state index contributed by atoms with van der Waals surface area (Å²) in [6, 6.07) is 9.48. The Morgan fingerprint density at radius 1 is 1.14 bits per heavy atom. The molecule has 1 aliphatic heterocycles. The van der Waals surface area contributed by atoms with Crippen molar-refractivity contribution >= 4 is 0 Å². The van der Waals surface area contributed by atoms with Gasteiger partial charge in [0.2, 0.25) is 0 Å². The molecule has 0 amide bonds. The molecule has 21 heavy (non-hydrogen) atoms. The van der Waals surface area contributed by atoms with Crippen LogP contribution in [0.15, 0.2) is 24.3 Å². The molecule has 3 atom stereocenters. The van der Waals surface area contributed by atoms with E-state index in [1.54, 1.807) is 7.11 Å². The monoisotopic (exact) mass is 289 g/mol. The Morgan fingerprint density at radius 2 is 1.86 bits per heavy atom. The second-order valence-electron chi connectivity index (χ2n) is 6.40. The van der Waals surface area contributed by atoms with Crippen molar-refractivity contribution in [2.45, 2.75) is 57.9 Å². The minimum atomic E-state index is 0.659. The van der Waals surface area contributed by atoms with Crippen molar-refractivity contribution in [2.75, 3.05) is 20.7 Å². The van der Waals surface area contributed by atoms with Crippen LogP contribution in [0.5, 0.6) is 5.75 Å². The number of piperidine rings is 1. The van der Waals surface area contributed by atoms with Crippen LogP contribution in [0.2, 0.25) is 0 Å². The smallest absolute Gasteiger partial charge is 0.118 e. The fraction of sp³-hybridized carbons (Fsp3) is 0.684. The van der Waals surface area contributed by atoms with Gasteiger partial charge in [0.05, 0.1) is 7.11 Å². The van der Waals surface area contributed by atoms with Crippen LogP contribution >= 0.6 is 0 Å². The van der Waals surface area contributed by atoms with Crippen molar-refractivity contribution in [3.63, 3.8) is 0 Å². The van der Waals surface area contributed by atoms with E-state index < -0.39 is 0 Å². The van der Waals surface area contributed by atoms with Gasteiger partial charge in [-0.1, -0.05) is 38.8 Å². The number of hydrogen-bond donors (Lipinski definition) is 0. The van der Waals surface area contributed by atoms with Gasteiger partial charge in [-0.25, -0.2) is 0 Å². The molecule has 0 aliphatic carbocycles. The molecular formula is C19H31NO. The molecule has 1 saturated heterocycles. The van der Waals surface area contributed by atoms with Crippen LogP contribution in [0.25, 0.3) is 0 Å². The van der Waals surface area contributed by atoms with Crippen LogP contribution in [-0.2, 0) is 0 Å². The normalized spacial score (nSPS) is 22.8. The zero-order valence-corrected chi connectivity index (χ0v) is 14.1. The van der Waals surface area contributed by atoms with Crippen molar-refractivity contribution in [3.8, 4) is 5.75 Å². The number of methoxy groups -OCH3 is 1. The lowest BCUT2D eigenvalue weighted by molar-refractivity contribution is 0.109. The highest BCUT2D eigenvalue weighted by atomic mass is 16.5. The minimum absolute atomic E-state index is 0.659. The molecule has 118 valence electrons. The molecule has 2 rings (SSSR count). The highest BCUT2D eigenvalue weighted by molar-refractivity contribution is 5.30. The third-order valence-electron chi connectivity index (χ3n) is 5.29. The Kier molecular flexibility index (Phi) is 6.10. The van der Waals surface area contributed by atoms with E-state index in [4.69, 9.17) is 4.74 Å². The first-order valence-electron chi connectivity index (χ1n) is 8.55. The second-order valence-corrected chi connectivity index (χ2v) is 6.40. The maximum absolute atomic E-state index is 5.29. The lowest BCUT2D eigenvalue weighted by Gasteiger charge is -2.41. The van der Waals surface area contributed by atoms with Gasteiger partial charge in [0.15, 0.2) is 0 Å². The molecule has 0 N–H and O–H groups in total. The fourth-order valence-electron chi connectivity index (χ4n) is 4.10. The van der Waals surface area contributed by atoms with Gasteiger partial charge in [0, 0.05) is 6.04 Å². The molecule has 1 aromatic rings. The number of nitrogens with zero attached hydrogens (tertiary/aromatic N) is 1. The van der Waals surface area contributed by atoms with E-state index in [-0.39, 0.29) is 0 Å². The predicted octanol–water partition coefficient (Wildman–Crippen LogP) is 4.70. The molecule has 2 nitrogen and oxygen atoms in total. The highest BCUT2D eigenvalue weighted by Gasteiger charge is 2.32. The molecule has 1 heterocycles. The van der Waals surface area contributed by atoms with Crippen molar-refractivity contribution < 1.29 is 4.74 Å². The van der Waals surface area contributed by atoms with Gasteiger partial charge in [0.25, 0.3) is 0 Å². The average molecular weight is 289 g/mol. The van der Waals surface area contributed by atoms with Gasteiger partial charge >= 0.3 is 0 Å². The van der Waals surface area contributed by atoms with Gasteiger partial charge in [-0.3, -0.25) is 0 Å². The van der Waals surface area contributed by atoms with Crippen LogP contribution in [0.1, 0.15) is 57.4 Å². The van der Waals surface area contributed by atoms with Gasteiger partial charge < -0.3 is 9.64 Å². The summed E-state index contributed by atoms with van der Waals surface area (Å²) in [6.07, 6.45) is 6.60. The SMILES string of the molecule is CC[C@H]([C@H](CC)c1ccc(OC)cc1)[C@H]1CCCCN1C. The number of likely N-dealkylation sites (tertiary alicyclic amines) is 1. The quantitative estimate of drug-likeness (QED) is 0.752. The Morgan fingerprint density at radius 3 is 2.38 bits per heavy atom. The molecule has 1 fully saturated rings. The summed E-state index contributed by atoms with van der Waals surface area (Å²) in [5.41, 5.74) is 1.48. The molecular weight excluding hydrogens is 258 g/mol. The topological polar surface area (TPSA) is 12.5 Å². The highest BCUT2D eigenvalue weighted by Crippen LogP contribution is 2.37. The second kappa shape index (κ2) is 7.84. The standard InChI is InChI=1S/C19H31NO/c1-5-17(15-10-12-16(21-4)13-11-15)18(6-2)19-9-7-8-14-20(19)3/h10-13,17-19H,5-9,14H2,1-4H3/t17-,18-,19-/m1/s1. The fourth-order valence-corrected chi connectivity index (χ4v) is 4.10. The van der Waals surface area contributed by atoms with Gasteiger partial charge in [-0.05, 0) is 62.4 Å². The maximum Gasteiger partial charge on any atom is 0.118 e. The summed E-state index contributed by atoms with van der Waals surface area (Å²) in [4.78, 5) is 2.60. The summed E-state index contributed by atoms with van der Waals surface area (Å²) in [7, 11) is 4.05. The maximum atomic E-state index is 5.29. The van der Waals surface area contributed by atoms with Crippen molar-refractivity contribution in [3.05, 3.63) is 29.8 Å². The van der Waals surface area contributed by atoms with Crippen LogP contribution in [0.4, 0.5) is 0 Å². The van der Waals surface area contributed by atoms with Crippen molar-refractivity contribution in [1.82, 2.24) is 4.90 Å². The Bertz CT molecular complexity index is 414. The van der Waals surface area contributed by atoms with E-state index in [2.05, 4.69) is 50.1 Å². The van der Waals surface area contributed by atoms with E-state index in [1.807, 2.05) is 0 Å². The third kappa shape index (κ3) is 3.79. The molecule has 1 aliphatic rings. The molecule has 2 heteroatoms. The number of ether oxygens (including phenoxy) is 1. The minimum Gasteiger partial charge on any atom is -0.497 e. The van der Waals surface area contributed by atoms with Gasteiger partial charge in [-0.2, -0.15) is 0 Å². The predicted molar refractivity (Wildman–Crippen MR) is 90.1 cm³/mol.